The third kappa shape index (κ3) is 4.73. The summed E-state index contributed by atoms with van der Waals surface area (Å²) in [6, 6.07) is 7.57. The first kappa shape index (κ1) is 22.3. The molecular weight excluding hydrogens is 432 g/mol. The monoisotopic (exact) mass is 462 g/mol. The minimum Gasteiger partial charge on any atom is -0.377 e. The number of ether oxygens (including phenoxy) is 1. The summed E-state index contributed by atoms with van der Waals surface area (Å²) in [4.78, 5) is 26.9. The van der Waals surface area contributed by atoms with Crippen LogP contribution in [0.4, 0.5) is 22.0 Å². The zero-order valence-corrected chi connectivity index (χ0v) is 19.8. The average Bonchev–Trinajstić information content (AvgIpc) is 3.23. The van der Waals surface area contributed by atoms with Crippen LogP contribution in [0.1, 0.15) is 18.2 Å². The number of benzene rings is 1. The molecule has 2 N–H and O–H groups in total. The van der Waals surface area contributed by atoms with E-state index in [-0.39, 0.29) is 12.1 Å². The summed E-state index contributed by atoms with van der Waals surface area (Å²) < 4.78 is 7.29. The topological polar surface area (TPSA) is 100 Å². The van der Waals surface area contributed by atoms with Crippen molar-refractivity contribution < 1.29 is 9.53 Å². The van der Waals surface area contributed by atoms with Crippen LogP contribution in [0.15, 0.2) is 36.7 Å². The van der Waals surface area contributed by atoms with Gasteiger partial charge in [-0.3, -0.25) is 4.68 Å². The normalized spacial score (nSPS) is 18.4. The summed E-state index contributed by atoms with van der Waals surface area (Å²) in [5.41, 5.74) is 4.57. The molecule has 0 spiro atoms. The lowest BCUT2D eigenvalue weighted by Gasteiger charge is -2.37. The molecule has 1 atom stereocenters. The number of carbonyl (C=O) groups excluding carboxylic acids is 1. The van der Waals surface area contributed by atoms with Gasteiger partial charge < -0.3 is 25.2 Å². The number of likely N-dealkylation sites (N-methyl/N-ethyl adjacent to an activating group) is 1. The number of nitrogens with zero attached hydrogens (tertiary/aromatic N) is 6. The predicted octanol–water partition coefficient (Wildman–Crippen LogP) is 2.73. The third-order valence-electron chi connectivity index (χ3n) is 6.24. The number of morpholine rings is 1. The quantitative estimate of drug-likeness (QED) is 0.615. The fourth-order valence-corrected chi connectivity index (χ4v) is 4.43. The fourth-order valence-electron chi connectivity index (χ4n) is 4.43. The van der Waals surface area contributed by atoms with Gasteiger partial charge in [-0.15, -0.1) is 0 Å². The molecule has 10 nitrogen and oxygen atoms in total. The Morgan fingerprint density at radius 2 is 1.88 bits per heavy atom. The molecule has 34 heavy (non-hydrogen) atoms. The van der Waals surface area contributed by atoms with E-state index in [1.807, 2.05) is 24.3 Å². The molecule has 2 aromatic heterocycles. The zero-order valence-electron chi connectivity index (χ0n) is 19.8. The first-order valence-corrected chi connectivity index (χ1v) is 11.6. The average molecular weight is 463 g/mol. The summed E-state index contributed by atoms with van der Waals surface area (Å²) >= 11 is 0. The van der Waals surface area contributed by atoms with Gasteiger partial charge in [-0.2, -0.15) is 5.10 Å². The lowest BCUT2D eigenvalue weighted by Crippen LogP contribution is -2.45. The van der Waals surface area contributed by atoms with Gasteiger partial charge in [-0.05, 0) is 44.7 Å². The molecule has 2 aliphatic heterocycles. The number of urea groups is 1. The molecule has 1 aromatic carbocycles. The van der Waals surface area contributed by atoms with Gasteiger partial charge in [-0.25, -0.2) is 14.8 Å². The van der Waals surface area contributed by atoms with E-state index in [1.54, 1.807) is 24.1 Å². The largest absolute Gasteiger partial charge is 0.377 e. The highest BCUT2D eigenvalue weighted by Crippen LogP contribution is 2.31. The minimum absolute atomic E-state index is 0.269. The van der Waals surface area contributed by atoms with E-state index in [0.29, 0.717) is 30.4 Å². The zero-order chi connectivity index (χ0) is 23.7. The number of aromatic nitrogens is 4. The highest BCUT2D eigenvalue weighted by Gasteiger charge is 2.28. The SMILES string of the molecule is C[C@H]1COCCN1c1nc(-c2ccc(NC(=O)Nc3cnn(C)c3)cc2)nc2c1CCN(C)C2. The number of fused-ring (bicyclic) bond motifs is 1. The van der Waals surface area contributed by atoms with Gasteiger partial charge in [0.2, 0.25) is 0 Å². The second-order valence-corrected chi connectivity index (χ2v) is 8.96. The van der Waals surface area contributed by atoms with Crippen LogP contribution in [0.3, 0.4) is 0 Å². The Morgan fingerprint density at radius 1 is 1.09 bits per heavy atom. The smallest absolute Gasteiger partial charge is 0.323 e. The molecule has 5 rings (SSSR count). The number of hydrogen-bond donors (Lipinski definition) is 2. The summed E-state index contributed by atoms with van der Waals surface area (Å²) in [6.45, 7) is 6.23. The van der Waals surface area contributed by atoms with Gasteiger partial charge in [0.1, 0.15) is 5.82 Å². The lowest BCUT2D eigenvalue weighted by atomic mass is 10.0. The van der Waals surface area contributed by atoms with Crippen LogP contribution in [0.2, 0.25) is 0 Å². The van der Waals surface area contributed by atoms with Gasteiger partial charge in [0.15, 0.2) is 5.82 Å². The summed E-state index contributed by atoms with van der Waals surface area (Å²) in [5.74, 6) is 1.73. The van der Waals surface area contributed by atoms with Crippen molar-refractivity contribution in [1.29, 1.82) is 0 Å². The molecule has 178 valence electrons. The molecule has 0 saturated carbocycles. The van der Waals surface area contributed by atoms with Crippen molar-refractivity contribution in [3.8, 4) is 11.4 Å². The number of hydrogen-bond acceptors (Lipinski definition) is 7. The highest BCUT2D eigenvalue weighted by molar-refractivity contribution is 5.99. The fraction of sp³-hybridized carbons (Fsp3) is 0.417. The molecule has 10 heteroatoms. The molecule has 1 saturated heterocycles. The van der Waals surface area contributed by atoms with Gasteiger partial charge >= 0.3 is 6.03 Å². The number of rotatable bonds is 4. The van der Waals surface area contributed by atoms with Gasteiger partial charge in [-0.1, -0.05) is 0 Å². The second-order valence-electron chi connectivity index (χ2n) is 8.96. The maximum atomic E-state index is 12.3. The van der Waals surface area contributed by atoms with Crippen LogP contribution >= 0.6 is 0 Å². The molecular formula is C24H30N8O2. The minimum atomic E-state index is -0.322. The van der Waals surface area contributed by atoms with Crippen molar-refractivity contribution in [3.05, 3.63) is 47.9 Å². The molecule has 0 radical (unpaired) electrons. The Bertz CT molecular complexity index is 1180. The second kappa shape index (κ2) is 9.40. The van der Waals surface area contributed by atoms with Gasteiger partial charge in [0.05, 0.1) is 36.8 Å². The summed E-state index contributed by atoms with van der Waals surface area (Å²) in [7, 11) is 3.92. The van der Waals surface area contributed by atoms with E-state index in [0.717, 1.165) is 43.1 Å². The summed E-state index contributed by atoms with van der Waals surface area (Å²) in [6.07, 6.45) is 4.28. The van der Waals surface area contributed by atoms with E-state index in [2.05, 4.69) is 39.5 Å². The number of anilines is 3. The maximum absolute atomic E-state index is 12.3. The van der Waals surface area contributed by atoms with Crippen molar-refractivity contribution in [1.82, 2.24) is 24.6 Å². The molecule has 0 aliphatic carbocycles. The van der Waals surface area contributed by atoms with E-state index in [4.69, 9.17) is 14.7 Å². The van der Waals surface area contributed by atoms with Crippen LogP contribution in [0.5, 0.6) is 0 Å². The number of amides is 2. The Kier molecular flexibility index (Phi) is 6.16. The number of aryl methyl sites for hydroxylation is 1. The molecule has 2 aliphatic rings. The van der Waals surface area contributed by atoms with Crippen LogP contribution in [0.25, 0.3) is 11.4 Å². The van der Waals surface area contributed by atoms with E-state index in [9.17, 15) is 4.79 Å². The molecule has 0 unspecified atom stereocenters. The number of carbonyl (C=O) groups is 1. The van der Waals surface area contributed by atoms with Gasteiger partial charge in [0.25, 0.3) is 0 Å². The van der Waals surface area contributed by atoms with E-state index >= 15 is 0 Å². The Balaban J connectivity index is 1.39. The van der Waals surface area contributed by atoms with Gasteiger partial charge in [0, 0.05) is 49.7 Å². The first-order valence-electron chi connectivity index (χ1n) is 11.6. The van der Waals surface area contributed by atoms with Crippen molar-refractivity contribution in [2.75, 3.05) is 48.9 Å². The molecule has 3 aromatic rings. The predicted molar refractivity (Wildman–Crippen MR) is 131 cm³/mol. The van der Waals surface area contributed by atoms with Crippen molar-refractivity contribution in [2.45, 2.75) is 25.9 Å². The summed E-state index contributed by atoms with van der Waals surface area (Å²) in [5, 5.41) is 9.66. The lowest BCUT2D eigenvalue weighted by molar-refractivity contribution is 0.0983. The van der Waals surface area contributed by atoms with E-state index in [1.165, 1.54) is 5.56 Å². The molecule has 0 bridgehead atoms. The van der Waals surface area contributed by atoms with Crippen molar-refractivity contribution in [2.24, 2.45) is 7.05 Å². The van der Waals surface area contributed by atoms with E-state index < -0.39 is 0 Å². The Hall–Kier alpha value is -3.50. The van der Waals surface area contributed by atoms with Crippen molar-refractivity contribution >= 4 is 23.2 Å². The first-order chi connectivity index (χ1) is 16.5. The molecule has 1 fully saturated rings. The van der Waals surface area contributed by atoms with Crippen LogP contribution < -0.4 is 15.5 Å². The van der Waals surface area contributed by atoms with Crippen LogP contribution in [-0.2, 0) is 24.8 Å². The maximum Gasteiger partial charge on any atom is 0.323 e. The highest BCUT2D eigenvalue weighted by atomic mass is 16.5. The molecule has 2 amide bonds. The van der Waals surface area contributed by atoms with Crippen LogP contribution in [0, 0.1) is 0 Å². The van der Waals surface area contributed by atoms with Crippen LogP contribution in [-0.4, -0.2) is 70.1 Å². The standard InChI is InChI=1S/C24H30N8O2/c1-16-15-34-11-10-32(16)23-20-8-9-30(2)14-21(20)28-22(29-23)17-4-6-18(7-5-17)26-24(33)27-19-12-25-31(3)13-19/h4-7,12-13,16H,8-11,14-15H2,1-3H3,(H2,26,27,33)/t16-/m0/s1. The number of nitrogens with one attached hydrogen (secondary N) is 2. The van der Waals surface area contributed by atoms with Crippen molar-refractivity contribution in [3.63, 3.8) is 0 Å². The molecule has 4 heterocycles. The third-order valence-corrected chi connectivity index (χ3v) is 6.24. The Labute approximate surface area is 198 Å². The Morgan fingerprint density at radius 3 is 2.62 bits per heavy atom.